The van der Waals surface area contributed by atoms with Crippen molar-refractivity contribution >= 4 is 63.9 Å². The average molecular weight is 888 g/mol. The molecule has 19 heteroatoms. The number of hydrogen-bond donors (Lipinski definition) is 4. The molecular formula is C43H50ClN9O8S. The van der Waals surface area contributed by atoms with Crippen molar-refractivity contribution in [1.82, 2.24) is 35.6 Å². The van der Waals surface area contributed by atoms with Gasteiger partial charge in [0.05, 0.1) is 51.8 Å². The van der Waals surface area contributed by atoms with E-state index in [0.29, 0.717) is 86.9 Å². The maximum Gasteiger partial charge on any atom is 0.255 e. The van der Waals surface area contributed by atoms with Gasteiger partial charge in [0.2, 0.25) is 23.6 Å². The Morgan fingerprint density at radius 3 is 2.37 bits per heavy atom. The summed E-state index contributed by atoms with van der Waals surface area (Å²) in [6.45, 7) is 9.85. The number of aromatic nitrogens is 3. The Labute approximate surface area is 367 Å². The summed E-state index contributed by atoms with van der Waals surface area (Å²) < 4.78 is 18.9. The van der Waals surface area contributed by atoms with Crippen LogP contribution in [-0.4, -0.2) is 120 Å². The summed E-state index contributed by atoms with van der Waals surface area (Å²) in [5, 5.41) is 21.7. The van der Waals surface area contributed by atoms with E-state index in [4.69, 9.17) is 30.8 Å². The Morgan fingerprint density at radius 1 is 0.903 bits per heavy atom. The maximum atomic E-state index is 13.2. The van der Waals surface area contributed by atoms with E-state index in [9.17, 15) is 24.0 Å². The highest BCUT2D eigenvalue weighted by atomic mass is 35.5. The lowest BCUT2D eigenvalue weighted by atomic mass is 9.99. The van der Waals surface area contributed by atoms with Gasteiger partial charge in [0.1, 0.15) is 22.9 Å². The van der Waals surface area contributed by atoms with Gasteiger partial charge in [-0.05, 0) is 57.0 Å². The van der Waals surface area contributed by atoms with Gasteiger partial charge >= 0.3 is 0 Å². The third kappa shape index (κ3) is 10.4. The van der Waals surface area contributed by atoms with Gasteiger partial charge < -0.3 is 35.1 Å². The number of ether oxygens (including phenoxy) is 3. The standard InChI is InChI=1S/C43H50ClN9O8S/c1-25-26(2)62-43-38(25)39(28-7-9-29(44)10-8-28)48-33(40-51-50-27(3)53(40)43)23-37(56)46-16-18-60-20-22-61-21-19-59-17-15-45-14-13-36(55)47-32-6-4-5-30-31(32)24-52(42(30)58)34-11-12-35(54)49-41(34)57/h4-10,33-34,45H,11-24H2,1-3H3,(H,46,56)(H,47,55)(H,49,54,57)/t33-,34?/m0/s1. The van der Waals surface area contributed by atoms with Crippen molar-refractivity contribution in [2.45, 2.75) is 65.1 Å². The first kappa shape index (κ1) is 44.7. The van der Waals surface area contributed by atoms with Crippen molar-refractivity contribution < 1.29 is 38.2 Å². The van der Waals surface area contributed by atoms with Crippen molar-refractivity contribution in [2.75, 3.05) is 64.6 Å². The van der Waals surface area contributed by atoms with Crippen LogP contribution in [0.2, 0.25) is 5.02 Å². The monoisotopic (exact) mass is 887 g/mol. The first-order chi connectivity index (χ1) is 30.0. The molecule has 5 heterocycles. The predicted octanol–water partition coefficient (Wildman–Crippen LogP) is 3.74. The van der Waals surface area contributed by atoms with E-state index < -0.39 is 18.0 Å². The van der Waals surface area contributed by atoms with E-state index in [1.54, 1.807) is 29.5 Å². The number of hydrogen-bond acceptors (Lipinski definition) is 13. The number of amides is 5. The molecule has 0 radical (unpaired) electrons. The maximum absolute atomic E-state index is 13.2. The molecule has 3 aliphatic heterocycles. The fraction of sp³-hybridized carbons (Fsp3) is 0.442. The highest BCUT2D eigenvalue weighted by molar-refractivity contribution is 7.15. The number of nitrogens with one attached hydrogen (secondary N) is 4. The van der Waals surface area contributed by atoms with E-state index in [0.717, 1.165) is 33.2 Å². The fourth-order valence-electron chi connectivity index (χ4n) is 7.57. The average Bonchev–Trinajstić information content (AvgIpc) is 3.86. The minimum Gasteiger partial charge on any atom is -0.378 e. The molecule has 1 unspecified atom stereocenters. The van der Waals surface area contributed by atoms with Crippen LogP contribution in [0.25, 0.3) is 5.00 Å². The molecule has 3 aliphatic rings. The molecule has 4 N–H and O–H groups in total. The molecular weight excluding hydrogens is 838 g/mol. The number of thiophene rings is 1. The number of benzene rings is 2. The highest BCUT2D eigenvalue weighted by Gasteiger charge is 2.40. The lowest BCUT2D eigenvalue weighted by Gasteiger charge is -2.29. The van der Waals surface area contributed by atoms with Crippen LogP contribution in [0.5, 0.6) is 0 Å². The van der Waals surface area contributed by atoms with Crippen molar-refractivity contribution in [2.24, 2.45) is 4.99 Å². The molecule has 0 spiro atoms. The number of anilines is 1. The number of imide groups is 1. The Bertz CT molecular complexity index is 2350. The summed E-state index contributed by atoms with van der Waals surface area (Å²) >= 11 is 7.88. The number of nitrogens with zero attached hydrogens (tertiary/aromatic N) is 5. The van der Waals surface area contributed by atoms with Gasteiger partial charge in [-0.2, -0.15) is 0 Å². The molecule has 328 valence electrons. The Hall–Kier alpha value is -5.37. The fourth-order valence-corrected chi connectivity index (χ4v) is 8.91. The third-order valence-corrected chi connectivity index (χ3v) is 12.3. The number of carbonyl (C=O) groups excluding carboxylic acids is 5. The van der Waals surface area contributed by atoms with E-state index in [2.05, 4.69) is 45.3 Å². The van der Waals surface area contributed by atoms with Crippen molar-refractivity contribution in [3.63, 3.8) is 0 Å². The molecule has 7 rings (SSSR count). The number of carbonyl (C=O) groups is 5. The first-order valence-corrected chi connectivity index (χ1v) is 21.8. The molecule has 0 aliphatic carbocycles. The number of aryl methyl sites for hydroxylation is 2. The van der Waals surface area contributed by atoms with Crippen molar-refractivity contribution in [3.8, 4) is 5.00 Å². The SMILES string of the molecule is Cc1sc2c(c1C)C(c1ccc(Cl)cc1)=N[C@@H](CC(=O)NCCOCCOCCOCCNCCC(=O)Nc1cccc3c1CN(C1CCC(=O)NC1=O)C3=O)c1nnc(C)n1-2. The lowest BCUT2D eigenvalue weighted by Crippen LogP contribution is -2.52. The second-order valence-electron chi connectivity index (χ2n) is 15.1. The number of fused-ring (bicyclic) bond motifs is 4. The molecule has 62 heavy (non-hydrogen) atoms. The van der Waals surface area contributed by atoms with E-state index in [1.807, 2.05) is 35.8 Å². The molecule has 1 fully saturated rings. The molecule has 4 aromatic rings. The molecule has 2 aromatic heterocycles. The summed E-state index contributed by atoms with van der Waals surface area (Å²) in [7, 11) is 0. The number of aliphatic imine (C=N–C) groups is 1. The molecule has 17 nitrogen and oxygen atoms in total. The summed E-state index contributed by atoms with van der Waals surface area (Å²) in [4.78, 5) is 70.6. The van der Waals surface area contributed by atoms with Gasteiger partial charge in [-0.3, -0.25) is 38.8 Å². The summed E-state index contributed by atoms with van der Waals surface area (Å²) in [6, 6.07) is 11.4. The van der Waals surface area contributed by atoms with Gasteiger partial charge in [0.15, 0.2) is 5.82 Å². The molecule has 2 aromatic carbocycles. The Morgan fingerprint density at radius 2 is 1.63 bits per heavy atom. The molecule has 5 amide bonds. The van der Waals surface area contributed by atoms with Crippen LogP contribution in [0, 0.1) is 20.8 Å². The molecule has 1 saturated heterocycles. The normalized spacial score (nSPS) is 16.9. The van der Waals surface area contributed by atoms with Crippen LogP contribution in [0.4, 0.5) is 5.69 Å². The smallest absolute Gasteiger partial charge is 0.255 e. The van der Waals surface area contributed by atoms with E-state index in [-0.39, 0.29) is 55.9 Å². The van der Waals surface area contributed by atoms with Gasteiger partial charge in [-0.25, -0.2) is 0 Å². The Kier molecular flexibility index (Phi) is 14.9. The summed E-state index contributed by atoms with van der Waals surface area (Å²) in [5.41, 5.74) is 5.46. The lowest BCUT2D eigenvalue weighted by molar-refractivity contribution is -0.137. The van der Waals surface area contributed by atoms with Crippen LogP contribution >= 0.6 is 22.9 Å². The molecule has 0 saturated carbocycles. The zero-order valence-electron chi connectivity index (χ0n) is 34.9. The minimum absolute atomic E-state index is 0.0893. The quantitative estimate of drug-likeness (QED) is 0.0743. The van der Waals surface area contributed by atoms with Crippen molar-refractivity contribution in [3.05, 3.63) is 91.8 Å². The van der Waals surface area contributed by atoms with Gasteiger partial charge in [-0.1, -0.05) is 29.8 Å². The molecule has 0 bridgehead atoms. The first-order valence-electron chi connectivity index (χ1n) is 20.6. The molecule has 2 atom stereocenters. The topological polar surface area (TPSA) is 207 Å². The largest absolute Gasteiger partial charge is 0.378 e. The van der Waals surface area contributed by atoms with Crippen LogP contribution in [0.1, 0.15) is 80.9 Å². The zero-order chi connectivity index (χ0) is 43.8. The minimum atomic E-state index is -0.723. The Balaban J connectivity index is 0.737. The van der Waals surface area contributed by atoms with Crippen molar-refractivity contribution in [1.29, 1.82) is 0 Å². The zero-order valence-corrected chi connectivity index (χ0v) is 36.5. The van der Waals surface area contributed by atoms with Crippen LogP contribution in [-0.2, 0) is 39.9 Å². The second-order valence-corrected chi connectivity index (χ2v) is 16.7. The number of rotatable bonds is 20. The third-order valence-electron chi connectivity index (χ3n) is 10.9. The van der Waals surface area contributed by atoms with Crippen LogP contribution < -0.4 is 21.3 Å². The predicted molar refractivity (Wildman–Crippen MR) is 232 cm³/mol. The number of piperidine rings is 1. The van der Waals surface area contributed by atoms with Crippen LogP contribution in [0.3, 0.4) is 0 Å². The van der Waals surface area contributed by atoms with Gasteiger partial charge in [0, 0.05) is 76.9 Å². The summed E-state index contributed by atoms with van der Waals surface area (Å²) in [5.74, 6) is -0.156. The summed E-state index contributed by atoms with van der Waals surface area (Å²) in [6.07, 6.45) is 0.742. The van der Waals surface area contributed by atoms with Crippen LogP contribution in [0.15, 0.2) is 47.5 Å². The van der Waals surface area contributed by atoms with Gasteiger partial charge in [-0.15, -0.1) is 21.5 Å². The van der Waals surface area contributed by atoms with Gasteiger partial charge in [0.25, 0.3) is 5.91 Å². The number of halogens is 1. The van der Waals surface area contributed by atoms with E-state index in [1.165, 1.54) is 9.78 Å². The second kappa shape index (κ2) is 20.7. The van der Waals surface area contributed by atoms with E-state index >= 15 is 0 Å². The highest BCUT2D eigenvalue weighted by Crippen LogP contribution is 2.40.